The van der Waals surface area contributed by atoms with Crippen molar-refractivity contribution in [2.24, 2.45) is 0 Å². The molecule has 98 valence electrons. The molecule has 2 aromatic carbocycles. The van der Waals surface area contributed by atoms with Gasteiger partial charge in [0.1, 0.15) is 5.75 Å². The number of rotatable bonds is 1. The summed E-state index contributed by atoms with van der Waals surface area (Å²) >= 11 is 0. The monoisotopic (exact) mass is 252 g/mol. The first kappa shape index (κ1) is 12.3. The van der Waals surface area contributed by atoms with Crippen LogP contribution in [-0.2, 0) is 11.8 Å². The normalized spacial score (nSPS) is 15.6. The Morgan fingerprint density at radius 2 is 1.84 bits per heavy atom. The van der Waals surface area contributed by atoms with E-state index in [1.807, 2.05) is 0 Å². The summed E-state index contributed by atoms with van der Waals surface area (Å²) in [7, 11) is 1.73. The van der Waals surface area contributed by atoms with E-state index in [1.54, 1.807) is 7.11 Å². The van der Waals surface area contributed by atoms with E-state index in [0.717, 1.165) is 12.2 Å². The van der Waals surface area contributed by atoms with Gasteiger partial charge >= 0.3 is 0 Å². The fraction of sp³-hybridized carbons (Fsp3) is 0.333. The van der Waals surface area contributed by atoms with Crippen molar-refractivity contribution in [3.05, 3.63) is 53.1 Å². The summed E-state index contributed by atoms with van der Waals surface area (Å²) < 4.78 is 5.39. The molecular weight excluding hydrogens is 232 g/mol. The van der Waals surface area contributed by atoms with Crippen LogP contribution in [-0.4, -0.2) is 7.11 Å². The number of benzene rings is 2. The van der Waals surface area contributed by atoms with Gasteiger partial charge in [0.05, 0.1) is 7.11 Å². The third kappa shape index (κ3) is 1.85. The van der Waals surface area contributed by atoms with Crippen LogP contribution < -0.4 is 4.74 Å². The number of fused-ring (bicyclic) bond motifs is 3. The smallest absolute Gasteiger partial charge is 0.119 e. The van der Waals surface area contributed by atoms with Crippen LogP contribution in [0.4, 0.5) is 0 Å². The molecule has 0 amide bonds. The number of methoxy groups -OCH3 is 1. The van der Waals surface area contributed by atoms with Crippen molar-refractivity contribution in [1.29, 1.82) is 0 Å². The van der Waals surface area contributed by atoms with Crippen LogP contribution in [0.5, 0.6) is 5.75 Å². The Morgan fingerprint density at radius 1 is 1.05 bits per heavy atom. The molecule has 0 saturated carbocycles. The van der Waals surface area contributed by atoms with Gasteiger partial charge in [-0.2, -0.15) is 0 Å². The molecule has 0 aromatic heterocycles. The summed E-state index contributed by atoms with van der Waals surface area (Å²) in [5.74, 6) is 0.947. The van der Waals surface area contributed by atoms with Gasteiger partial charge in [-0.05, 0) is 58.7 Å². The molecule has 0 atom stereocenters. The Kier molecular flexibility index (Phi) is 2.67. The summed E-state index contributed by atoms with van der Waals surface area (Å²) in [5.41, 5.74) is 7.18. The molecule has 1 nitrogen and oxygen atoms in total. The van der Waals surface area contributed by atoms with Crippen LogP contribution in [0.3, 0.4) is 0 Å². The van der Waals surface area contributed by atoms with Crippen molar-refractivity contribution in [1.82, 2.24) is 0 Å². The van der Waals surface area contributed by atoms with E-state index in [9.17, 15) is 0 Å². The van der Waals surface area contributed by atoms with Crippen LogP contribution >= 0.6 is 0 Å². The molecule has 0 heterocycles. The lowest BCUT2D eigenvalue weighted by molar-refractivity contribution is 0.411. The molecule has 0 aliphatic heterocycles. The van der Waals surface area contributed by atoms with Gasteiger partial charge in [-0.25, -0.2) is 0 Å². The minimum absolute atomic E-state index is 0.156. The first-order valence-electron chi connectivity index (χ1n) is 6.80. The molecule has 1 aliphatic carbocycles. The van der Waals surface area contributed by atoms with E-state index in [2.05, 4.69) is 57.2 Å². The molecule has 1 aliphatic rings. The number of aryl methyl sites for hydroxylation is 1. The zero-order valence-electron chi connectivity index (χ0n) is 12.1. The van der Waals surface area contributed by atoms with Gasteiger partial charge in [-0.1, -0.05) is 38.1 Å². The summed E-state index contributed by atoms with van der Waals surface area (Å²) in [4.78, 5) is 0. The molecule has 0 fully saturated rings. The summed E-state index contributed by atoms with van der Waals surface area (Å²) in [6.45, 7) is 6.85. The van der Waals surface area contributed by atoms with E-state index in [4.69, 9.17) is 4.74 Å². The van der Waals surface area contributed by atoms with Crippen molar-refractivity contribution < 1.29 is 4.74 Å². The Balaban J connectivity index is 2.30. The fourth-order valence-electron chi connectivity index (χ4n) is 3.17. The van der Waals surface area contributed by atoms with Crippen molar-refractivity contribution in [2.75, 3.05) is 7.11 Å². The fourth-order valence-corrected chi connectivity index (χ4v) is 3.17. The molecule has 1 heteroatoms. The Bertz CT molecular complexity index is 638. The molecule has 0 bridgehead atoms. The van der Waals surface area contributed by atoms with Gasteiger partial charge in [0.15, 0.2) is 0 Å². The van der Waals surface area contributed by atoms with E-state index in [0.29, 0.717) is 0 Å². The second-order valence-electron chi connectivity index (χ2n) is 6.07. The molecule has 0 unspecified atom stereocenters. The standard InChI is InChI=1S/C18H20O/c1-12-6-5-7-14-15-9-8-13(19-4)10-17(15)18(2,3)11-16(12)14/h5-10H,11H2,1-4H3. The molecule has 0 N–H and O–H groups in total. The molecule has 3 rings (SSSR count). The Hall–Kier alpha value is -1.76. The SMILES string of the molecule is COc1ccc2c(c1)C(C)(C)Cc1c(C)cccc1-2. The van der Waals surface area contributed by atoms with Crippen molar-refractivity contribution in [2.45, 2.75) is 32.6 Å². The average molecular weight is 252 g/mol. The quantitative estimate of drug-likeness (QED) is 0.726. The third-order valence-electron chi connectivity index (χ3n) is 4.27. The molecular formula is C18H20O. The van der Waals surface area contributed by atoms with Crippen LogP contribution in [0.25, 0.3) is 11.1 Å². The van der Waals surface area contributed by atoms with Crippen LogP contribution in [0.2, 0.25) is 0 Å². The predicted molar refractivity (Wildman–Crippen MR) is 79.9 cm³/mol. The summed E-state index contributed by atoms with van der Waals surface area (Å²) in [5, 5.41) is 0. The second-order valence-corrected chi connectivity index (χ2v) is 6.07. The van der Waals surface area contributed by atoms with Crippen LogP contribution in [0, 0.1) is 6.92 Å². The lowest BCUT2D eigenvalue weighted by atomic mass is 9.69. The minimum atomic E-state index is 0.156. The van der Waals surface area contributed by atoms with E-state index in [1.165, 1.54) is 27.8 Å². The lowest BCUT2D eigenvalue weighted by Gasteiger charge is -2.35. The van der Waals surface area contributed by atoms with Gasteiger partial charge < -0.3 is 4.74 Å². The van der Waals surface area contributed by atoms with Crippen molar-refractivity contribution in [3.8, 4) is 16.9 Å². The highest BCUT2D eigenvalue weighted by atomic mass is 16.5. The number of hydrogen-bond acceptors (Lipinski definition) is 1. The minimum Gasteiger partial charge on any atom is -0.497 e. The Morgan fingerprint density at radius 3 is 2.58 bits per heavy atom. The molecule has 0 spiro atoms. The molecule has 0 saturated heterocycles. The van der Waals surface area contributed by atoms with E-state index < -0.39 is 0 Å². The largest absolute Gasteiger partial charge is 0.497 e. The highest BCUT2D eigenvalue weighted by Gasteiger charge is 2.31. The van der Waals surface area contributed by atoms with Crippen molar-refractivity contribution in [3.63, 3.8) is 0 Å². The van der Waals surface area contributed by atoms with Crippen molar-refractivity contribution >= 4 is 0 Å². The van der Waals surface area contributed by atoms with Crippen LogP contribution in [0.15, 0.2) is 36.4 Å². The topological polar surface area (TPSA) is 9.23 Å². The average Bonchev–Trinajstić information content (AvgIpc) is 2.40. The maximum atomic E-state index is 5.39. The van der Waals surface area contributed by atoms with E-state index >= 15 is 0 Å². The highest BCUT2D eigenvalue weighted by molar-refractivity contribution is 5.76. The molecule has 19 heavy (non-hydrogen) atoms. The zero-order chi connectivity index (χ0) is 13.6. The van der Waals surface area contributed by atoms with Gasteiger partial charge in [0.2, 0.25) is 0 Å². The molecule has 2 aromatic rings. The van der Waals surface area contributed by atoms with Crippen LogP contribution in [0.1, 0.15) is 30.5 Å². The first-order chi connectivity index (χ1) is 9.03. The Labute approximate surface area is 115 Å². The highest BCUT2D eigenvalue weighted by Crippen LogP contribution is 2.45. The second kappa shape index (κ2) is 4.12. The van der Waals surface area contributed by atoms with Gasteiger partial charge in [-0.3, -0.25) is 0 Å². The van der Waals surface area contributed by atoms with Gasteiger partial charge in [0, 0.05) is 0 Å². The lowest BCUT2D eigenvalue weighted by Crippen LogP contribution is -2.26. The zero-order valence-corrected chi connectivity index (χ0v) is 12.1. The summed E-state index contributed by atoms with van der Waals surface area (Å²) in [6.07, 6.45) is 1.09. The first-order valence-corrected chi connectivity index (χ1v) is 6.80. The maximum absolute atomic E-state index is 5.39. The van der Waals surface area contributed by atoms with E-state index in [-0.39, 0.29) is 5.41 Å². The number of ether oxygens (including phenoxy) is 1. The summed E-state index contributed by atoms with van der Waals surface area (Å²) in [6, 6.07) is 13.1. The van der Waals surface area contributed by atoms with Gasteiger partial charge in [0.25, 0.3) is 0 Å². The van der Waals surface area contributed by atoms with Gasteiger partial charge in [-0.15, -0.1) is 0 Å². The number of hydrogen-bond donors (Lipinski definition) is 0. The molecule has 0 radical (unpaired) electrons. The predicted octanol–water partition coefficient (Wildman–Crippen LogP) is 4.50. The maximum Gasteiger partial charge on any atom is 0.119 e. The third-order valence-corrected chi connectivity index (χ3v) is 4.27.